The second-order valence-corrected chi connectivity index (χ2v) is 3.58. The number of aryl methyl sites for hydroxylation is 1. The lowest BCUT2D eigenvalue weighted by molar-refractivity contribution is 1.14. The first-order valence-corrected chi connectivity index (χ1v) is 4.80. The van der Waals surface area contributed by atoms with E-state index in [-0.39, 0.29) is 11.5 Å². The van der Waals surface area contributed by atoms with E-state index in [4.69, 9.17) is 11.5 Å². The summed E-state index contributed by atoms with van der Waals surface area (Å²) in [6.07, 6.45) is 0. The van der Waals surface area contributed by atoms with Gasteiger partial charge in [0.15, 0.2) is 5.82 Å². The Morgan fingerprint density at radius 1 is 1.19 bits per heavy atom. The van der Waals surface area contributed by atoms with Crippen molar-refractivity contribution in [1.82, 2.24) is 9.97 Å². The van der Waals surface area contributed by atoms with Crippen molar-refractivity contribution in [2.24, 2.45) is 0 Å². The van der Waals surface area contributed by atoms with Crippen LogP contribution in [0, 0.1) is 6.92 Å². The van der Waals surface area contributed by atoms with Crippen LogP contribution in [-0.2, 0) is 0 Å². The molecule has 5 heteroatoms. The van der Waals surface area contributed by atoms with Gasteiger partial charge in [-0.2, -0.15) is 0 Å². The van der Waals surface area contributed by atoms with Crippen LogP contribution in [0.15, 0.2) is 29.1 Å². The van der Waals surface area contributed by atoms with Crippen LogP contribution in [0.4, 0.5) is 11.5 Å². The number of hydrogen-bond acceptors (Lipinski definition) is 4. The first-order chi connectivity index (χ1) is 7.58. The highest BCUT2D eigenvalue weighted by Gasteiger charge is 2.06. The smallest absolute Gasteiger partial charge is 0.276 e. The molecule has 16 heavy (non-hydrogen) atoms. The van der Waals surface area contributed by atoms with Gasteiger partial charge in [-0.25, -0.2) is 4.98 Å². The molecule has 1 aromatic carbocycles. The molecule has 2 rings (SSSR count). The maximum absolute atomic E-state index is 11.4. The predicted molar refractivity (Wildman–Crippen MR) is 63.9 cm³/mol. The zero-order valence-electron chi connectivity index (χ0n) is 8.82. The van der Waals surface area contributed by atoms with E-state index in [2.05, 4.69) is 9.97 Å². The number of aromatic nitrogens is 2. The Labute approximate surface area is 92.1 Å². The molecule has 0 aliphatic heterocycles. The fraction of sp³-hybridized carbons (Fsp3) is 0.0909. The molecule has 0 unspecified atom stereocenters. The number of anilines is 2. The summed E-state index contributed by atoms with van der Waals surface area (Å²) in [4.78, 5) is 18.0. The van der Waals surface area contributed by atoms with Crippen molar-refractivity contribution in [3.05, 3.63) is 40.2 Å². The Hall–Kier alpha value is -2.30. The minimum absolute atomic E-state index is 0.0455. The third-order valence-electron chi connectivity index (χ3n) is 2.31. The number of rotatable bonds is 1. The van der Waals surface area contributed by atoms with Gasteiger partial charge in [0.25, 0.3) is 5.56 Å². The number of nitrogen functional groups attached to an aromatic ring is 2. The van der Waals surface area contributed by atoms with Crippen molar-refractivity contribution in [3.8, 4) is 11.4 Å². The number of H-pyrrole nitrogens is 1. The number of nitrogens with one attached hydrogen (secondary N) is 1. The van der Waals surface area contributed by atoms with Crippen LogP contribution in [0.1, 0.15) is 5.56 Å². The number of hydrogen-bond donors (Lipinski definition) is 3. The van der Waals surface area contributed by atoms with E-state index in [1.807, 2.05) is 31.2 Å². The van der Waals surface area contributed by atoms with E-state index < -0.39 is 5.56 Å². The molecule has 0 aliphatic rings. The first-order valence-electron chi connectivity index (χ1n) is 4.80. The van der Waals surface area contributed by atoms with Gasteiger partial charge in [0.2, 0.25) is 0 Å². The largest absolute Gasteiger partial charge is 0.391 e. The SMILES string of the molecule is Cc1ccc(-c2nc(N)c(N)c(=O)[nH]2)cc1. The molecule has 82 valence electrons. The van der Waals surface area contributed by atoms with Gasteiger partial charge in [-0.05, 0) is 6.92 Å². The third kappa shape index (κ3) is 1.75. The molecule has 0 fully saturated rings. The third-order valence-corrected chi connectivity index (χ3v) is 2.31. The van der Waals surface area contributed by atoms with E-state index in [9.17, 15) is 4.79 Å². The Balaban J connectivity index is 2.57. The molecule has 0 spiro atoms. The maximum Gasteiger partial charge on any atom is 0.276 e. The lowest BCUT2D eigenvalue weighted by Gasteiger charge is -2.04. The van der Waals surface area contributed by atoms with Crippen LogP contribution in [-0.4, -0.2) is 9.97 Å². The molecule has 0 amide bonds. The minimum Gasteiger partial charge on any atom is -0.391 e. The zero-order valence-corrected chi connectivity index (χ0v) is 8.82. The van der Waals surface area contributed by atoms with Crippen molar-refractivity contribution < 1.29 is 0 Å². The van der Waals surface area contributed by atoms with Gasteiger partial charge in [-0.15, -0.1) is 0 Å². The second kappa shape index (κ2) is 3.69. The molecular formula is C11H12N4O. The van der Waals surface area contributed by atoms with Crippen LogP contribution in [0.2, 0.25) is 0 Å². The lowest BCUT2D eigenvalue weighted by atomic mass is 10.1. The summed E-state index contributed by atoms with van der Waals surface area (Å²) in [5.74, 6) is 0.482. The molecule has 0 saturated heterocycles. The number of benzene rings is 1. The second-order valence-electron chi connectivity index (χ2n) is 3.58. The molecule has 0 radical (unpaired) electrons. The molecular weight excluding hydrogens is 204 g/mol. The Bertz CT molecular complexity index is 572. The summed E-state index contributed by atoms with van der Waals surface area (Å²) in [7, 11) is 0. The standard InChI is InChI=1S/C11H12N4O/c1-6-2-4-7(5-3-6)10-14-9(13)8(12)11(16)15-10/h2-5H,12H2,1H3,(H3,13,14,15,16). The van der Waals surface area contributed by atoms with Crippen molar-refractivity contribution in [2.75, 3.05) is 11.5 Å². The molecule has 5 nitrogen and oxygen atoms in total. The van der Waals surface area contributed by atoms with Gasteiger partial charge < -0.3 is 16.5 Å². The van der Waals surface area contributed by atoms with Crippen LogP contribution < -0.4 is 17.0 Å². The monoisotopic (exact) mass is 216 g/mol. The maximum atomic E-state index is 11.4. The summed E-state index contributed by atoms with van der Waals surface area (Å²) in [6, 6.07) is 7.59. The summed E-state index contributed by atoms with van der Waals surface area (Å²) in [5.41, 5.74) is 12.4. The van der Waals surface area contributed by atoms with Crippen molar-refractivity contribution >= 4 is 11.5 Å². The van der Waals surface area contributed by atoms with Crippen LogP contribution >= 0.6 is 0 Å². The van der Waals surface area contributed by atoms with Crippen molar-refractivity contribution in [1.29, 1.82) is 0 Å². The summed E-state index contributed by atoms with van der Waals surface area (Å²) in [6.45, 7) is 1.98. The lowest BCUT2D eigenvalue weighted by Crippen LogP contribution is -2.16. The highest BCUT2D eigenvalue weighted by molar-refractivity contribution is 5.63. The van der Waals surface area contributed by atoms with Gasteiger partial charge in [0, 0.05) is 5.56 Å². The average Bonchev–Trinajstić information content (AvgIpc) is 2.26. The highest BCUT2D eigenvalue weighted by atomic mass is 16.1. The Kier molecular flexibility index (Phi) is 2.36. The first kappa shape index (κ1) is 10.2. The zero-order chi connectivity index (χ0) is 11.7. The van der Waals surface area contributed by atoms with Gasteiger partial charge in [0.1, 0.15) is 11.5 Å². The quantitative estimate of drug-likeness (QED) is 0.659. The molecule has 2 aromatic rings. The summed E-state index contributed by atoms with van der Waals surface area (Å²) in [5, 5.41) is 0. The topological polar surface area (TPSA) is 97.8 Å². The van der Waals surface area contributed by atoms with Gasteiger partial charge in [-0.1, -0.05) is 29.8 Å². The van der Waals surface area contributed by atoms with Gasteiger partial charge in [0.05, 0.1) is 0 Å². The van der Waals surface area contributed by atoms with E-state index >= 15 is 0 Å². The van der Waals surface area contributed by atoms with Crippen LogP contribution in [0.3, 0.4) is 0 Å². The van der Waals surface area contributed by atoms with Crippen molar-refractivity contribution in [3.63, 3.8) is 0 Å². The van der Waals surface area contributed by atoms with E-state index in [1.54, 1.807) is 0 Å². The van der Waals surface area contributed by atoms with E-state index in [1.165, 1.54) is 0 Å². The Morgan fingerprint density at radius 2 is 1.81 bits per heavy atom. The molecule has 0 aliphatic carbocycles. The highest BCUT2D eigenvalue weighted by Crippen LogP contribution is 2.16. The van der Waals surface area contributed by atoms with E-state index in [0.29, 0.717) is 5.82 Å². The van der Waals surface area contributed by atoms with Gasteiger partial charge in [-0.3, -0.25) is 4.79 Å². The number of aromatic amines is 1. The van der Waals surface area contributed by atoms with Crippen LogP contribution in [0.5, 0.6) is 0 Å². The van der Waals surface area contributed by atoms with Gasteiger partial charge >= 0.3 is 0 Å². The minimum atomic E-state index is -0.414. The molecule has 1 heterocycles. The van der Waals surface area contributed by atoms with Crippen LogP contribution in [0.25, 0.3) is 11.4 Å². The Morgan fingerprint density at radius 3 is 2.38 bits per heavy atom. The average molecular weight is 216 g/mol. The molecule has 0 bridgehead atoms. The fourth-order valence-corrected chi connectivity index (χ4v) is 1.35. The molecule has 1 aromatic heterocycles. The normalized spacial score (nSPS) is 10.3. The fourth-order valence-electron chi connectivity index (χ4n) is 1.35. The molecule has 0 atom stereocenters. The molecule has 0 saturated carbocycles. The number of nitrogens with two attached hydrogens (primary N) is 2. The summed E-state index contributed by atoms with van der Waals surface area (Å²) >= 11 is 0. The van der Waals surface area contributed by atoms with Crippen molar-refractivity contribution in [2.45, 2.75) is 6.92 Å². The number of nitrogens with zero attached hydrogens (tertiary/aromatic N) is 1. The summed E-state index contributed by atoms with van der Waals surface area (Å²) < 4.78 is 0. The predicted octanol–water partition coefficient (Wildman–Crippen LogP) is 0.910. The molecule has 5 N–H and O–H groups in total. The van der Waals surface area contributed by atoms with E-state index in [0.717, 1.165) is 11.1 Å².